The zero-order valence-electron chi connectivity index (χ0n) is 13.2. The molecule has 0 saturated heterocycles. The lowest BCUT2D eigenvalue weighted by Crippen LogP contribution is -2.25. The molecule has 5 nitrogen and oxygen atoms in total. The Morgan fingerprint density at radius 3 is 2.71 bits per heavy atom. The molecule has 0 aliphatic rings. The molecule has 0 unspecified atom stereocenters. The van der Waals surface area contributed by atoms with Crippen molar-refractivity contribution >= 4 is 17.7 Å². The maximum Gasteiger partial charge on any atom is 0.230 e. The Morgan fingerprint density at radius 2 is 2.10 bits per heavy atom. The Hall–Kier alpha value is -1.56. The van der Waals surface area contributed by atoms with E-state index >= 15 is 0 Å². The second kappa shape index (κ2) is 9.39. The van der Waals surface area contributed by atoms with E-state index in [-0.39, 0.29) is 5.91 Å². The molecular formula is C15H24N4OS. The van der Waals surface area contributed by atoms with E-state index in [0.717, 1.165) is 18.7 Å². The number of nitrogens with one attached hydrogen (secondary N) is 2. The highest BCUT2D eigenvalue weighted by atomic mass is 32.2. The number of hydrogen-bond acceptors (Lipinski definition) is 4. The van der Waals surface area contributed by atoms with Crippen LogP contribution in [0.1, 0.15) is 39.4 Å². The quantitative estimate of drug-likeness (QED) is 0.572. The van der Waals surface area contributed by atoms with Gasteiger partial charge in [-0.25, -0.2) is 4.98 Å². The summed E-state index contributed by atoms with van der Waals surface area (Å²) in [6, 6.07) is 0. The standard InChI is InChI=1S/C15H24N4OS/c1-11(2)6-5-7-12(3)8-9-16-14(20)10-21-15-17-13(4)18-19-15/h6,8H,5,7,9-10H2,1-4H3,(H,16,20)(H,17,18,19)/b12-8+. The molecule has 0 spiro atoms. The topological polar surface area (TPSA) is 70.7 Å². The first-order chi connectivity index (χ1) is 9.97. The summed E-state index contributed by atoms with van der Waals surface area (Å²) >= 11 is 1.33. The van der Waals surface area contributed by atoms with Crippen molar-refractivity contribution < 1.29 is 4.79 Å². The fourth-order valence-electron chi connectivity index (χ4n) is 1.60. The molecule has 116 valence electrons. The summed E-state index contributed by atoms with van der Waals surface area (Å²) in [5.74, 6) is 1.09. The van der Waals surface area contributed by atoms with Crippen molar-refractivity contribution in [3.8, 4) is 0 Å². The molecule has 2 N–H and O–H groups in total. The average molecular weight is 308 g/mol. The number of H-pyrrole nitrogens is 1. The van der Waals surface area contributed by atoms with Crippen molar-refractivity contribution in [2.75, 3.05) is 12.3 Å². The number of aromatic nitrogens is 3. The largest absolute Gasteiger partial charge is 0.352 e. The summed E-state index contributed by atoms with van der Waals surface area (Å²) in [5, 5.41) is 10.2. The first kappa shape index (κ1) is 17.5. The van der Waals surface area contributed by atoms with E-state index in [2.05, 4.69) is 53.4 Å². The van der Waals surface area contributed by atoms with Gasteiger partial charge in [0.05, 0.1) is 5.75 Å². The fraction of sp³-hybridized carbons (Fsp3) is 0.533. The zero-order valence-corrected chi connectivity index (χ0v) is 14.0. The Morgan fingerprint density at radius 1 is 1.33 bits per heavy atom. The monoisotopic (exact) mass is 308 g/mol. The maximum atomic E-state index is 11.7. The zero-order chi connectivity index (χ0) is 15.7. The molecule has 0 atom stereocenters. The summed E-state index contributed by atoms with van der Waals surface area (Å²) in [4.78, 5) is 15.8. The summed E-state index contributed by atoms with van der Waals surface area (Å²) in [7, 11) is 0. The van der Waals surface area contributed by atoms with Crippen LogP contribution < -0.4 is 5.32 Å². The van der Waals surface area contributed by atoms with E-state index in [1.165, 1.54) is 22.9 Å². The van der Waals surface area contributed by atoms with Crippen LogP contribution in [0.2, 0.25) is 0 Å². The van der Waals surface area contributed by atoms with Crippen LogP contribution in [-0.4, -0.2) is 33.4 Å². The van der Waals surface area contributed by atoms with Crippen molar-refractivity contribution in [1.82, 2.24) is 20.5 Å². The Kier molecular flexibility index (Phi) is 7.82. The van der Waals surface area contributed by atoms with Gasteiger partial charge in [-0.15, -0.1) is 5.10 Å². The van der Waals surface area contributed by atoms with Gasteiger partial charge in [0.25, 0.3) is 0 Å². The van der Waals surface area contributed by atoms with Gasteiger partial charge in [-0.2, -0.15) is 0 Å². The van der Waals surface area contributed by atoms with Gasteiger partial charge in [-0.05, 0) is 40.5 Å². The second-order valence-electron chi connectivity index (χ2n) is 5.17. The molecular weight excluding hydrogens is 284 g/mol. The molecule has 0 radical (unpaired) electrons. The number of carbonyl (C=O) groups excluding carboxylic acids is 1. The number of aromatic amines is 1. The van der Waals surface area contributed by atoms with Crippen LogP contribution in [0.5, 0.6) is 0 Å². The van der Waals surface area contributed by atoms with E-state index in [9.17, 15) is 4.79 Å². The highest BCUT2D eigenvalue weighted by Gasteiger charge is 2.05. The number of hydrogen-bond donors (Lipinski definition) is 2. The number of amides is 1. The third-order valence-corrected chi connectivity index (χ3v) is 3.60. The molecule has 1 heterocycles. The van der Waals surface area contributed by atoms with Crippen LogP contribution in [0.3, 0.4) is 0 Å². The van der Waals surface area contributed by atoms with Crippen LogP contribution in [0.15, 0.2) is 28.5 Å². The third-order valence-electron chi connectivity index (χ3n) is 2.75. The van der Waals surface area contributed by atoms with Crippen molar-refractivity contribution in [3.63, 3.8) is 0 Å². The van der Waals surface area contributed by atoms with Gasteiger partial charge in [0, 0.05) is 6.54 Å². The van der Waals surface area contributed by atoms with Crippen LogP contribution in [-0.2, 0) is 4.79 Å². The third kappa shape index (κ3) is 8.34. The molecule has 1 aromatic heterocycles. The summed E-state index contributed by atoms with van der Waals surface area (Å²) in [6.45, 7) is 8.71. The van der Waals surface area contributed by atoms with Gasteiger partial charge >= 0.3 is 0 Å². The minimum atomic E-state index is -0.00389. The van der Waals surface area contributed by atoms with E-state index in [1.807, 2.05) is 6.92 Å². The Balaban J connectivity index is 2.18. The summed E-state index contributed by atoms with van der Waals surface area (Å²) < 4.78 is 0. The molecule has 0 saturated carbocycles. The molecule has 1 amide bonds. The predicted octanol–water partition coefficient (Wildman–Crippen LogP) is 3.01. The summed E-state index contributed by atoms with van der Waals surface area (Å²) in [6.07, 6.45) is 6.38. The fourth-order valence-corrected chi connectivity index (χ4v) is 2.27. The predicted molar refractivity (Wildman–Crippen MR) is 87.3 cm³/mol. The van der Waals surface area contributed by atoms with Gasteiger partial charge in [-0.1, -0.05) is 35.1 Å². The van der Waals surface area contributed by atoms with Crippen molar-refractivity contribution in [2.45, 2.75) is 45.7 Å². The van der Waals surface area contributed by atoms with Crippen LogP contribution in [0.4, 0.5) is 0 Å². The van der Waals surface area contributed by atoms with Crippen molar-refractivity contribution in [2.24, 2.45) is 0 Å². The number of carbonyl (C=O) groups is 1. The lowest BCUT2D eigenvalue weighted by Gasteiger charge is -2.02. The Bertz CT molecular complexity index is 515. The number of allylic oxidation sites excluding steroid dienone is 3. The van der Waals surface area contributed by atoms with E-state index < -0.39 is 0 Å². The van der Waals surface area contributed by atoms with Crippen molar-refractivity contribution in [3.05, 3.63) is 29.1 Å². The molecule has 0 aliphatic carbocycles. The number of nitrogens with zero attached hydrogens (tertiary/aromatic N) is 2. The van der Waals surface area contributed by atoms with Crippen LogP contribution >= 0.6 is 11.8 Å². The molecule has 21 heavy (non-hydrogen) atoms. The Labute approximate surface area is 130 Å². The van der Waals surface area contributed by atoms with Crippen molar-refractivity contribution in [1.29, 1.82) is 0 Å². The maximum absolute atomic E-state index is 11.7. The molecule has 0 aliphatic heterocycles. The second-order valence-corrected chi connectivity index (χ2v) is 6.11. The highest BCUT2D eigenvalue weighted by molar-refractivity contribution is 7.99. The first-order valence-corrected chi connectivity index (χ1v) is 8.03. The number of thioether (sulfide) groups is 1. The lowest BCUT2D eigenvalue weighted by atomic mass is 10.1. The minimum absolute atomic E-state index is 0.00389. The van der Waals surface area contributed by atoms with Crippen LogP contribution in [0.25, 0.3) is 0 Å². The minimum Gasteiger partial charge on any atom is -0.352 e. The highest BCUT2D eigenvalue weighted by Crippen LogP contribution is 2.11. The lowest BCUT2D eigenvalue weighted by molar-refractivity contribution is -0.118. The number of rotatable bonds is 8. The molecule has 1 aromatic rings. The SMILES string of the molecule is CC(C)=CCC/C(C)=C/CNC(=O)CSc1n[nH]c(C)n1. The average Bonchev–Trinajstić information content (AvgIpc) is 2.82. The molecule has 0 aromatic carbocycles. The van der Waals surface area contributed by atoms with Crippen LogP contribution in [0, 0.1) is 6.92 Å². The molecule has 6 heteroatoms. The summed E-state index contributed by atoms with van der Waals surface area (Å²) in [5.41, 5.74) is 2.64. The van der Waals surface area contributed by atoms with E-state index in [4.69, 9.17) is 0 Å². The first-order valence-electron chi connectivity index (χ1n) is 7.05. The smallest absolute Gasteiger partial charge is 0.230 e. The molecule has 0 bridgehead atoms. The van der Waals surface area contributed by atoms with Gasteiger partial charge in [0.2, 0.25) is 11.1 Å². The van der Waals surface area contributed by atoms with Gasteiger partial charge in [0.15, 0.2) is 0 Å². The number of aryl methyl sites for hydroxylation is 1. The molecule has 1 rings (SSSR count). The van der Waals surface area contributed by atoms with Gasteiger partial charge in [0.1, 0.15) is 5.82 Å². The normalized spacial score (nSPS) is 11.3. The molecule has 0 fully saturated rings. The van der Waals surface area contributed by atoms with E-state index in [1.54, 1.807) is 0 Å². The van der Waals surface area contributed by atoms with Gasteiger partial charge < -0.3 is 5.32 Å². The van der Waals surface area contributed by atoms with Gasteiger partial charge in [-0.3, -0.25) is 9.89 Å². The van der Waals surface area contributed by atoms with E-state index in [0.29, 0.717) is 17.5 Å².